The summed E-state index contributed by atoms with van der Waals surface area (Å²) in [4.78, 5) is 22.6. The Balaban J connectivity index is 2.52. The van der Waals surface area contributed by atoms with Crippen LogP contribution in [0.4, 0.5) is 11.5 Å². The molecule has 0 fully saturated rings. The van der Waals surface area contributed by atoms with E-state index >= 15 is 0 Å². The lowest BCUT2D eigenvalue weighted by atomic mass is 10.1. The van der Waals surface area contributed by atoms with Crippen LogP contribution in [0.5, 0.6) is 0 Å². The zero-order chi connectivity index (χ0) is 12.6. The maximum Gasteiger partial charge on any atom is 0.247 e. The molecular weight excluding hydrogens is 216 g/mol. The van der Waals surface area contributed by atoms with Crippen molar-refractivity contribution in [3.05, 3.63) is 12.0 Å². The Morgan fingerprint density at radius 1 is 1.53 bits per heavy atom. The Labute approximate surface area is 101 Å². The molecule has 0 spiro atoms. The summed E-state index contributed by atoms with van der Waals surface area (Å²) in [5, 5.41) is 2.87. The Morgan fingerprint density at radius 3 is 2.82 bits per heavy atom. The first-order valence-corrected chi connectivity index (χ1v) is 5.97. The van der Waals surface area contributed by atoms with Crippen LogP contribution in [0.2, 0.25) is 0 Å². The van der Waals surface area contributed by atoms with Crippen molar-refractivity contribution in [2.45, 2.75) is 46.2 Å². The van der Waals surface area contributed by atoms with E-state index in [2.05, 4.69) is 34.0 Å². The van der Waals surface area contributed by atoms with Crippen molar-refractivity contribution < 1.29 is 4.79 Å². The van der Waals surface area contributed by atoms with E-state index in [4.69, 9.17) is 0 Å². The lowest BCUT2D eigenvalue weighted by molar-refractivity contribution is -0.117. The van der Waals surface area contributed by atoms with Gasteiger partial charge in [-0.2, -0.15) is 0 Å². The minimum absolute atomic E-state index is 0.0288. The average Bonchev–Trinajstić information content (AvgIpc) is 2.27. The first kappa shape index (κ1) is 11.8. The smallest absolute Gasteiger partial charge is 0.247 e. The van der Waals surface area contributed by atoms with Gasteiger partial charge in [0.2, 0.25) is 5.91 Å². The van der Waals surface area contributed by atoms with E-state index in [0.717, 1.165) is 18.1 Å². The number of carbonyl (C=O) groups excluding carboxylic acids is 1. The molecule has 0 radical (unpaired) electrons. The summed E-state index contributed by atoms with van der Waals surface area (Å²) in [7, 11) is 0. The SMILES string of the molecule is CCC1C(=O)Nc2cnc(C)nc2N1C(C)C. The molecule has 1 unspecified atom stereocenters. The van der Waals surface area contributed by atoms with E-state index in [-0.39, 0.29) is 18.0 Å². The molecule has 2 rings (SSSR count). The van der Waals surface area contributed by atoms with Crippen molar-refractivity contribution in [1.29, 1.82) is 0 Å². The minimum atomic E-state index is -0.142. The van der Waals surface area contributed by atoms with Crippen LogP contribution in [0.3, 0.4) is 0 Å². The zero-order valence-corrected chi connectivity index (χ0v) is 10.7. The van der Waals surface area contributed by atoms with E-state index in [9.17, 15) is 4.79 Å². The molecule has 1 aromatic rings. The van der Waals surface area contributed by atoms with Crippen LogP contribution in [0.15, 0.2) is 6.20 Å². The quantitative estimate of drug-likeness (QED) is 0.846. The van der Waals surface area contributed by atoms with Gasteiger partial charge in [-0.25, -0.2) is 9.97 Å². The summed E-state index contributed by atoms with van der Waals surface area (Å²) in [6.07, 6.45) is 2.45. The molecule has 1 N–H and O–H groups in total. The topological polar surface area (TPSA) is 58.1 Å². The first-order valence-electron chi connectivity index (χ1n) is 5.97. The first-order chi connectivity index (χ1) is 8.04. The Bertz CT molecular complexity index is 444. The van der Waals surface area contributed by atoms with Gasteiger partial charge in [0, 0.05) is 6.04 Å². The van der Waals surface area contributed by atoms with Crippen molar-refractivity contribution >= 4 is 17.4 Å². The monoisotopic (exact) mass is 234 g/mol. The molecule has 1 atom stereocenters. The molecule has 0 bridgehead atoms. The van der Waals surface area contributed by atoms with Crippen molar-refractivity contribution in [3.8, 4) is 0 Å². The fraction of sp³-hybridized carbons (Fsp3) is 0.583. The molecule has 0 saturated heterocycles. The van der Waals surface area contributed by atoms with Gasteiger partial charge in [0.15, 0.2) is 5.82 Å². The van der Waals surface area contributed by atoms with E-state index in [1.165, 1.54) is 0 Å². The lowest BCUT2D eigenvalue weighted by Crippen LogP contribution is -2.51. The molecule has 1 amide bonds. The Hall–Kier alpha value is -1.65. The molecule has 0 aliphatic carbocycles. The molecule has 1 aliphatic rings. The fourth-order valence-corrected chi connectivity index (χ4v) is 2.22. The second-order valence-electron chi connectivity index (χ2n) is 4.57. The number of rotatable bonds is 2. The van der Waals surface area contributed by atoms with Crippen LogP contribution in [0.1, 0.15) is 33.0 Å². The summed E-state index contributed by atoms with van der Waals surface area (Å²) >= 11 is 0. The number of aromatic nitrogens is 2. The Kier molecular flexibility index (Phi) is 3.00. The van der Waals surface area contributed by atoms with Gasteiger partial charge in [-0.1, -0.05) is 6.92 Å². The predicted octanol–water partition coefficient (Wildman–Crippen LogP) is 1.73. The summed E-state index contributed by atoms with van der Waals surface area (Å²) in [6, 6.07) is 0.0934. The predicted molar refractivity (Wildman–Crippen MR) is 67.1 cm³/mol. The van der Waals surface area contributed by atoms with Gasteiger partial charge < -0.3 is 10.2 Å². The van der Waals surface area contributed by atoms with Gasteiger partial charge in [0.25, 0.3) is 0 Å². The van der Waals surface area contributed by atoms with Crippen LogP contribution in [0, 0.1) is 6.92 Å². The van der Waals surface area contributed by atoms with Crippen LogP contribution >= 0.6 is 0 Å². The highest BCUT2D eigenvalue weighted by Crippen LogP contribution is 2.31. The molecule has 1 aromatic heterocycles. The van der Waals surface area contributed by atoms with Crippen molar-refractivity contribution in [1.82, 2.24) is 9.97 Å². The van der Waals surface area contributed by atoms with Crippen LogP contribution < -0.4 is 10.2 Å². The molecule has 5 nitrogen and oxygen atoms in total. The summed E-state index contributed by atoms with van der Waals surface area (Å²) in [6.45, 7) is 8.01. The second-order valence-corrected chi connectivity index (χ2v) is 4.57. The molecule has 92 valence electrons. The number of hydrogen-bond donors (Lipinski definition) is 1. The number of hydrogen-bond acceptors (Lipinski definition) is 4. The number of carbonyl (C=O) groups is 1. The number of aryl methyl sites for hydroxylation is 1. The van der Waals surface area contributed by atoms with Gasteiger partial charge in [-0.3, -0.25) is 4.79 Å². The van der Waals surface area contributed by atoms with Crippen LogP contribution in [-0.4, -0.2) is 28.0 Å². The normalized spacial score (nSPS) is 19.2. The molecule has 0 saturated carbocycles. The molecule has 1 aliphatic heterocycles. The van der Waals surface area contributed by atoms with Crippen molar-refractivity contribution in [3.63, 3.8) is 0 Å². The van der Waals surface area contributed by atoms with Crippen molar-refractivity contribution in [2.75, 3.05) is 10.2 Å². The lowest BCUT2D eigenvalue weighted by Gasteiger charge is -2.39. The third-order valence-corrected chi connectivity index (χ3v) is 2.97. The highest BCUT2D eigenvalue weighted by molar-refractivity contribution is 6.02. The van der Waals surface area contributed by atoms with Gasteiger partial charge >= 0.3 is 0 Å². The summed E-state index contributed by atoms with van der Waals surface area (Å²) in [5.41, 5.74) is 0.707. The van der Waals surface area contributed by atoms with E-state index in [0.29, 0.717) is 5.69 Å². The van der Waals surface area contributed by atoms with E-state index in [1.807, 2.05) is 13.8 Å². The number of anilines is 2. The number of nitrogens with zero attached hydrogens (tertiary/aromatic N) is 3. The van der Waals surface area contributed by atoms with E-state index < -0.39 is 0 Å². The molecule has 17 heavy (non-hydrogen) atoms. The third-order valence-electron chi connectivity index (χ3n) is 2.97. The van der Waals surface area contributed by atoms with Gasteiger partial charge in [0.05, 0.1) is 6.20 Å². The van der Waals surface area contributed by atoms with Gasteiger partial charge in [0.1, 0.15) is 17.6 Å². The molecule has 0 aromatic carbocycles. The minimum Gasteiger partial charge on any atom is -0.340 e. The molecule has 2 heterocycles. The van der Waals surface area contributed by atoms with E-state index in [1.54, 1.807) is 6.20 Å². The van der Waals surface area contributed by atoms with Gasteiger partial charge in [-0.05, 0) is 27.2 Å². The van der Waals surface area contributed by atoms with Crippen LogP contribution in [0.25, 0.3) is 0 Å². The largest absolute Gasteiger partial charge is 0.340 e. The maximum atomic E-state index is 12.0. The zero-order valence-electron chi connectivity index (χ0n) is 10.7. The van der Waals surface area contributed by atoms with Crippen molar-refractivity contribution in [2.24, 2.45) is 0 Å². The van der Waals surface area contributed by atoms with Gasteiger partial charge in [-0.15, -0.1) is 0 Å². The van der Waals surface area contributed by atoms with Crippen LogP contribution in [-0.2, 0) is 4.79 Å². The number of fused-ring (bicyclic) bond motifs is 1. The highest BCUT2D eigenvalue weighted by Gasteiger charge is 2.34. The number of nitrogens with one attached hydrogen (secondary N) is 1. The second kappa shape index (κ2) is 4.31. The molecule has 5 heteroatoms. The maximum absolute atomic E-state index is 12.0. The average molecular weight is 234 g/mol. The summed E-state index contributed by atoms with van der Waals surface area (Å²) in [5.74, 6) is 1.58. The fourth-order valence-electron chi connectivity index (χ4n) is 2.22. The summed E-state index contributed by atoms with van der Waals surface area (Å²) < 4.78 is 0. The number of amides is 1. The highest BCUT2D eigenvalue weighted by atomic mass is 16.2. The third kappa shape index (κ3) is 1.97. The molecular formula is C12H18N4O. The Morgan fingerprint density at radius 2 is 2.24 bits per heavy atom. The standard InChI is InChI=1S/C12H18N4O/c1-5-10-12(17)15-9-6-13-8(4)14-11(9)16(10)7(2)3/h6-7,10H,5H2,1-4H3,(H,15,17).